The van der Waals surface area contributed by atoms with Crippen LogP contribution < -0.4 is 10.1 Å². The van der Waals surface area contributed by atoms with Gasteiger partial charge in [0.05, 0.1) is 27.5 Å². The summed E-state index contributed by atoms with van der Waals surface area (Å²) in [6.07, 6.45) is 0.352. The van der Waals surface area contributed by atoms with E-state index in [-0.39, 0.29) is 18.7 Å². The Labute approximate surface area is 163 Å². The summed E-state index contributed by atoms with van der Waals surface area (Å²) in [6.45, 7) is 0.192. The van der Waals surface area contributed by atoms with Crippen molar-refractivity contribution >= 4 is 46.2 Å². The maximum absolute atomic E-state index is 12.0. The van der Waals surface area contributed by atoms with Crippen LogP contribution in [0.2, 0.25) is 10.0 Å². The summed E-state index contributed by atoms with van der Waals surface area (Å²) in [6, 6.07) is 7.74. The van der Waals surface area contributed by atoms with E-state index in [1.54, 1.807) is 12.1 Å². The van der Waals surface area contributed by atoms with Crippen LogP contribution in [0.25, 0.3) is 0 Å². The zero-order chi connectivity index (χ0) is 20.0. The lowest BCUT2D eigenvalue weighted by molar-refractivity contribution is -0.393. The van der Waals surface area contributed by atoms with E-state index in [0.29, 0.717) is 22.2 Å². The number of amides is 1. The first-order valence-corrected chi connectivity index (χ1v) is 8.34. The first-order valence-electron chi connectivity index (χ1n) is 7.58. The molecule has 0 radical (unpaired) electrons. The van der Waals surface area contributed by atoms with Gasteiger partial charge in [-0.15, -0.1) is 0 Å². The molecule has 2 aromatic carbocycles. The molecule has 2 aromatic rings. The molecule has 2 rings (SSSR count). The van der Waals surface area contributed by atoms with Crippen molar-refractivity contribution in [3.8, 4) is 5.75 Å². The van der Waals surface area contributed by atoms with Gasteiger partial charge in [-0.3, -0.25) is 25.0 Å². The average molecular weight is 414 g/mol. The maximum atomic E-state index is 12.0. The number of hydrogen-bond donors (Lipinski definition) is 1. The standard InChI is InChI=1S/C16H13Cl2N3O6/c17-10-3-6-15(12(18)8-10)27-7-1-2-16(22)19-13-5-4-11(20(23)24)9-14(13)21(25)26/h3-6,8-9H,1-2,7H2,(H,19,22). The molecule has 0 bridgehead atoms. The van der Waals surface area contributed by atoms with Crippen LogP contribution >= 0.6 is 23.2 Å². The minimum Gasteiger partial charge on any atom is -0.492 e. The van der Waals surface area contributed by atoms with E-state index < -0.39 is 27.1 Å². The van der Waals surface area contributed by atoms with Crippen molar-refractivity contribution in [3.05, 3.63) is 66.7 Å². The number of nitrogens with one attached hydrogen (secondary N) is 1. The Balaban J connectivity index is 1.90. The highest BCUT2D eigenvalue weighted by molar-refractivity contribution is 6.35. The number of ether oxygens (including phenoxy) is 1. The second kappa shape index (κ2) is 9.15. The fourth-order valence-corrected chi connectivity index (χ4v) is 2.57. The van der Waals surface area contributed by atoms with Crippen LogP contribution in [0.15, 0.2) is 36.4 Å². The van der Waals surface area contributed by atoms with Crippen LogP contribution in [0.3, 0.4) is 0 Å². The van der Waals surface area contributed by atoms with Crippen LogP contribution in [0, 0.1) is 20.2 Å². The van der Waals surface area contributed by atoms with E-state index in [4.69, 9.17) is 27.9 Å². The number of hydrogen-bond acceptors (Lipinski definition) is 6. The van der Waals surface area contributed by atoms with Crippen molar-refractivity contribution in [2.75, 3.05) is 11.9 Å². The van der Waals surface area contributed by atoms with Crippen LogP contribution in [-0.4, -0.2) is 22.4 Å². The molecule has 0 spiro atoms. The highest BCUT2D eigenvalue weighted by Crippen LogP contribution is 2.29. The molecule has 0 fully saturated rings. The van der Waals surface area contributed by atoms with E-state index in [1.807, 2.05) is 0 Å². The Kier molecular flexibility index (Phi) is 6.91. The molecule has 0 aliphatic heterocycles. The second-order valence-electron chi connectivity index (χ2n) is 5.29. The first-order chi connectivity index (χ1) is 12.8. The lowest BCUT2D eigenvalue weighted by atomic mass is 10.2. The zero-order valence-corrected chi connectivity index (χ0v) is 15.2. The van der Waals surface area contributed by atoms with Gasteiger partial charge in [-0.2, -0.15) is 0 Å². The molecule has 0 aromatic heterocycles. The lowest BCUT2D eigenvalue weighted by Crippen LogP contribution is -2.14. The van der Waals surface area contributed by atoms with Crippen molar-refractivity contribution < 1.29 is 19.4 Å². The van der Waals surface area contributed by atoms with Crippen molar-refractivity contribution in [1.82, 2.24) is 0 Å². The summed E-state index contributed by atoms with van der Waals surface area (Å²) in [5.41, 5.74) is -1.10. The van der Waals surface area contributed by atoms with Crippen molar-refractivity contribution in [2.45, 2.75) is 12.8 Å². The Morgan fingerprint density at radius 2 is 1.81 bits per heavy atom. The third kappa shape index (κ3) is 5.80. The Morgan fingerprint density at radius 1 is 1.07 bits per heavy atom. The Hall–Kier alpha value is -2.91. The molecule has 0 unspecified atom stereocenters. The largest absolute Gasteiger partial charge is 0.492 e. The van der Waals surface area contributed by atoms with Gasteiger partial charge in [0.15, 0.2) is 0 Å². The number of nitro benzene ring substituents is 2. The third-order valence-corrected chi connectivity index (χ3v) is 3.89. The third-order valence-electron chi connectivity index (χ3n) is 3.36. The van der Waals surface area contributed by atoms with Crippen LogP contribution in [0.5, 0.6) is 5.75 Å². The first kappa shape index (κ1) is 20.4. The quantitative estimate of drug-likeness (QED) is 0.382. The number of nitrogens with zero attached hydrogens (tertiary/aromatic N) is 2. The second-order valence-corrected chi connectivity index (χ2v) is 6.13. The maximum Gasteiger partial charge on any atom is 0.299 e. The minimum atomic E-state index is -0.797. The molecule has 0 saturated heterocycles. The number of anilines is 1. The molecule has 0 atom stereocenters. The highest BCUT2D eigenvalue weighted by Gasteiger charge is 2.20. The molecule has 1 amide bonds. The van der Waals surface area contributed by atoms with Crippen molar-refractivity contribution in [2.24, 2.45) is 0 Å². The van der Waals surface area contributed by atoms with Gasteiger partial charge in [0.2, 0.25) is 5.91 Å². The molecule has 142 valence electrons. The summed E-state index contributed by atoms with van der Waals surface area (Å²) in [4.78, 5) is 32.2. The number of non-ortho nitro benzene ring substituents is 1. The minimum absolute atomic E-state index is 0.0271. The molecule has 11 heteroatoms. The molecule has 27 heavy (non-hydrogen) atoms. The van der Waals surface area contributed by atoms with E-state index in [2.05, 4.69) is 5.32 Å². The van der Waals surface area contributed by atoms with E-state index in [0.717, 1.165) is 18.2 Å². The number of halogens is 2. The summed E-state index contributed by atoms with van der Waals surface area (Å²) < 4.78 is 5.44. The van der Waals surface area contributed by atoms with Gasteiger partial charge in [0.1, 0.15) is 11.4 Å². The number of benzene rings is 2. The molecular formula is C16H13Cl2N3O6. The fraction of sp³-hybridized carbons (Fsp3) is 0.188. The van der Waals surface area contributed by atoms with Crippen molar-refractivity contribution in [1.29, 1.82) is 0 Å². The van der Waals surface area contributed by atoms with Crippen LogP contribution in [0.1, 0.15) is 12.8 Å². The Morgan fingerprint density at radius 3 is 2.44 bits per heavy atom. The number of carbonyl (C=O) groups excluding carboxylic acids is 1. The molecule has 0 saturated carbocycles. The summed E-state index contributed by atoms with van der Waals surface area (Å²) >= 11 is 11.7. The normalized spacial score (nSPS) is 10.3. The van der Waals surface area contributed by atoms with Gasteiger partial charge in [-0.25, -0.2) is 0 Å². The van der Waals surface area contributed by atoms with E-state index in [9.17, 15) is 25.0 Å². The summed E-state index contributed by atoms with van der Waals surface area (Å²) in [7, 11) is 0. The number of carbonyl (C=O) groups is 1. The summed E-state index contributed by atoms with van der Waals surface area (Å²) in [5, 5.41) is 24.9. The molecule has 9 nitrogen and oxygen atoms in total. The number of rotatable bonds is 8. The SMILES string of the molecule is O=C(CCCOc1ccc(Cl)cc1Cl)Nc1ccc([N+](=O)[O-])cc1[N+](=O)[O-]. The van der Waals surface area contributed by atoms with Crippen LogP contribution in [-0.2, 0) is 4.79 Å². The predicted octanol–water partition coefficient (Wildman–Crippen LogP) is 4.61. The lowest BCUT2D eigenvalue weighted by Gasteiger charge is -2.09. The van der Waals surface area contributed by atoms with Gasteiger partial charge < -0.3 is 10.1 Å². The summed E-state index contributed by atoms with van der Waals surface area (Å²) in [5.74, 6) is -0.0646. The molecule has 1 N–H and O–H groups in total. The smallest absolute Gasteiger partial charge is 0.299 e. The predicted molar refractivity (Wildman–Crippen MR) is 99.6 cm³/mol. The van der Waals surface area contributed by atoms with E-state index in [1.165, 1.54) is 6.07 Å². The van der Waals surface area contributed by atoms with Gasteiger partial charge in [0, 0.05) is 17.5 Å². The fourth-order valence-electron chi connectivity index (χ4n) is 2.11. The molecule has 0 heterocycles. The average Bonchev–Trinajstić information content (AvgIpc) is 2.60. The van der Waals surface area contributed by atoms with Crippen molar-refractivity contribution in [3.63, 3.8) is 0 Å². The van der Waals surface area contributed by atoms with Gasteiger partial charge in [-0.05, 0) is 30.7 Å². The van der Waals surface area contributed by atoms with Gasteiger partial charge in [-0.1, -0.05) is 23.2 Å². The number of nitro groups is 2. The molecule has 0 aliphatic rings. The Bertz CT molecular complexity index is 890. The topological polar surface area (TPSA) is 125 Å². The van der Waals surface area contributed by atoms with Gasteiger partial charge >= 0.3 is 0 Å². The van der Waals surface area contributed by atoms with E-state index >= 15 is 0 Å². The molecular weight excluding hydrogens is 401 g/mol. The highest BCUT2D eigenvalue weighted by atomic mass is 35.5. The zero-order valence-electron chi connectivity index (χ0n) is 13.7. The van der Waals surface area contributed by atoms with Crippen LogP contribution in [0.4, 0.5) is 17.1 Å². The molecule has 0 aliphatic carbocycles. The monoisotopic (exact) mass is 413 g/mol. The van der Waals surface area contributed by atoms with Gasteiger partial charge in [0.25, 0.3) is 11.4 Å².